The molecule has 0 saturated heterocycles. The highest BCUT2D eigenvalue weighted by Crippen LogP contribution is 2.16. The van der Waals surface area contributed by atoms with Crippen molar-refractivity contribution in [3.63, 3.8) is 0 Å². The zero-order valence-corrected chi connectivity index (χ0v) is 10.8. The summed E-state index contributed by atoms with van der Waals surface area (Å²) in [4.78, 5) is 0. The van der Waals surface area contributed by atoms with Gasteiger partial charge in [-0.1, -0.05) is 23.1 Å². The second-order valence-electron chi connectivity index (χ2n) is 4.82. The average molecular weight is 220 g/mol. The van der Waals surface area contributed by atoms with Gasteiger partial charge in [-0.2, -0.15) is 0 Å². The van der Waals surface area contributed by atoms with Crippen LogP contribution in [-0.2, 0) is 0 Å². The molecule has 16 heavy (non-hydrogen) atoms. The zero-order chi connectivity index (χ0) is 12.6. The van der Waals surface area contributed by atoms with E-state index in [1.165, 1.54) is 11.1 Å². The Hall–Kier alpha value is -1.00. The lowest BCUT2D eigenvalue weighted by molar-refractivity contribution is 0.113. The molecule has 0 fully saturated rings. The third kappa shape index (κ3) is 8.32. The van der Waals surface area contributed by atoms with Crippen LogP contribution in [0.3, 0.4) is 0 Å². The van der Waals surface area contributed by atoms with E-state index in [2.05, 4.69) is 32.4 Å². The van der Waals surface area contributed by atoms with Gasteiger partial charge in [0.15, 0.2) is 0 Å². The predicted molar refractivity (Wildman–Crippen MR) is 71.1 cm³/mol. The number of aliphatic hydroxyl groups is 1. The molecule has 0 spiro atoms. The van der Waals surface area contributed by atoms with Crippen molar-refractivity contribution >= 4 is 0 Å². The molecule has 0 aromatic rings. The molecule has 0 saturated carbocycles. The van der Waals surface area contributed by atoms with E-state index in [4.69, 9.17) is 6.42 Å². The molecule has 0 radical (unpaired) electrons. The second kappa shape index (κ2) is 7.30. The van der Waals surface area contributed by atoms with Crippen molar-refractivity contribution in [3.8, 4) is 12.3 Å². The molecule has 1 nitrogen and oxygen atoms in total. The number of hydrogen-bond acceptors (Lipinski definition) is 1. The predicted octanol–water partition coefficient (Wildman–Crippen LogP) is 3.84. The first kappa shape index (κ1) is 15.0. The van der Waals surface area contributed by atoms with E-state index in [0.29, 0.717) is 6.42 Å². The van der Waals surface area contributed by atoms with Crippen LogP contribution in [0.5, 0.6) is 0 Å². The van der Waals surface area contributed by atoms with E-state index < -0.39 is 5.60 Å². The third-order valence-electron chi connectivity index (χ3n) is 2.62. The van der Waals surface area contributed by atoms with Gasteiger partial charge in [-0.15, -0.1) is 13.0 Å². The van der Waals surface area contributed by atoms with Crippen LogP contribution in [0.1, 0.15) is 52.9 Å². The van der Waals surface area contributed by atoms with Crippen LogP contribution in [0.2, 0.25) is 0 Å². The minimum absolute atomic E-state index is 0.631. The molecule has 0 amide bonds. The SMILES string of the molecule is C#CC(C)(O)CCC(C)=CCCCC(=C)C. The van der Waals surface area contributed by atoms with E-state index in [0.717, 1.165) is 25.7 Å². The summed E-state index contributed by atoms with van der Waals surface area (Å²) in [6.45, 7) is 9.70. The van der Waals surface area contributed by atoms with Gasteiger partial charge in [0.05, 0.1) is 0 Å². The highest BCUT2D eigenvalue weighted by Gasteiger charge is 2.15. The molecule has 1 unspecified atom stereocenters. The van der Waals surface area contributed by atoms with Crippen LogP contribution in [-0.4, -0.2) is 10.7 Å². The molecule has 0 aromatic heterocycles. The van der Waals surface area contributed by atoms with Crippen molar-refractivity contribution in [1.82, 2.24) is 0 Å². The molecule has 1 heteroatoms. The number of hydrogen-bond donors (Lipinski definition) is 1. The lowest BCUT2D eigenvalue weighted by atomic mass is 9.97. The largest absolute Gasteiger partial charge is 0.378 e. The maximum absolute atomic E-state index is 9.64. The zero-order valence-electron chi connectivity index (χ0n) is 10.8. The number of rotatable bonds is 7. The first-order valence-corrected chi connectivity index (χ1v) is 5.87. The van der Waals surface area contributed by atoms with Gasteiger partial charge >= 0.3 is 0 Å². The minimum atomic E-state index is -0.965. The molecule has 0 aliphatic rings. The monoisotopic (exact) mass is 220 g/mol. The minimum Gasteiger partial charge on any atom is -0.378 e. The lowest BCUT2D eigenvalue weighted by Crippen LogP contribution is -2.20. The Bertz CT molecular complexity index is 289. The average Bonchev–Trinajstić information content (AvgIpc) is 2.21. The maximum atomic E-state index is 9.64. The quantitative estimate of drug-likeness (QED) is 0.392. The molecule has 90 valence electrons. The lowest BCUT2D eigenvalue weighted by Gasteiger charge is -2.15. The highest BCUT2D eigenvalue weighted by molar-refractivity contribution is 5.08. The van der Waals surface area contributed by atoms with Crippen molar-refractivity contribution in [1.29, 1.82) is 0 Å². The summed E-state index contributed by atoms with van der Waals surface area (Å²) in [5, 5.41) is 9.64. The fourth-order valence-corrected chi connectivity index (χ4v) is 1.37. The smallest absolute Gasteiger partial charge is 0.122 e. The van der Waals surface area contributed by atoms with E-state index in [-0.39, 0.29) is 0 Å². The topological polar surface area (TPSA) is 20.2 Å². The van der Waals surface area contributed by atoms with Crippen LogP contribution in [0, 0.1) is 12.3 Å². The maximum Gasteiger partial charge on any atom is 0.122 e. The number of allylic oxidation sites excluding steroid dienone is 3. The van der Waals surface area contributed by atoms with Crippen molar-refractivity contribution in [2.45, 2.75) is 58.5 Å². The van der Waals surface area contributed by atoms with E-state index >= 15 is 0 Å². The standard InChI is InChI=1S/C15H24O/c1-6-15(5,16)12-11-14(4)10-8-7-9-13(2)3/h1,10,16H,2,7-9,11-12H2,3-5H3. The van der Waals surface area contributed by atoms with E-state index in [9.17, 15) is 5.11 Å². The normalized spacial score (nSPS) is 15.3. The van der Waals surface area contributed by atoms with Gasteiger partial charge in [0.2, 0.25) is 0 Å². The molecular formula is C15H24O. The second-order valence-corrected chi connectivity index (χ2v) is 4.82. The Morgan fingerprint density at radius 1 is 1.44 bits per heavy atom. The molecular weight excluding hydrogens is 196 g/mol. The summed E-state index contributed by atoms with van der Waals surface area (Å²) in [6, 6.07) is 0. The van der Waals surface area contributed by atoms with Crippen LogP contribution in [0.4, 0.5) is 0 Å². The molecule has 0 heterocycles. The molecule has 0 aromatic carbocycles. The van der Waals surface area contributed by atoms with Crippen LogP contribution >= 0.6 is 0 Å². The van der Waals surface area contributed by atoms with Crippen molar-refractivity contribution < 1.29 is 5.11 Å². The van der Waals surface area contributed by atoms with Crippen molar-refractivity contribution in [2.24, 2.45) is 0 Å². The molecule has 0 rings (SSSR count). The van der Waals surface area contributed by atoms with Gasteiger partial charge < -0.3 is 5.11 Å². The first-order valence-electron chi connectivity index (χ1n) is 5.87. The van der Waals surface area contributed by atoms with Gasteiger partial charge in [-0.3, -0.25) is 0 Å². The Morgan fingerprint density at radius 3 is 2.56 bits per heavy atom. The summed E-state index contributed by atoms with van der Waals surface area (Å²) in [7, 11) is 0. The fourth-order valence-electron chi connectivity index (χ4n) is 1.37. The third-order valence-corrected chi connectivity index (χ3v) is 2.62. The Balaban J connectivity index is 3.81. The fraction of sp³-hybridized carbons (Fsp3) is 0.600. The first-order chi connectivity index (χ1) is 7.37. The number of unbranched alkanes of at least 4 members (excludes halogenated alkanes) is 1. The molecule has 1 atom stereocenters. The molecule has 0 aliphatic heterocycles. The van der Waals surface area contributed by atoms with Crippen molar-refractivity contribution in [3.05, 3.63) is 23.8 Å². The summed E-state index contributed by atoms with van der Waals surface area (Å²) < 4.78 is 0. The Kier molecular flexibility index (Phi) is 6.85. The summed E-state index contributed by atoms with van der Waals surface area (Å²) in [5.41, 5.74) is 1.57. The van der Waals surface area contributed by atoms with Gasteiger partial charge in [0.1, 0.15) is 5.60 Å². The highest BCUT2D eigenvalue weighted by atomic mass is 16.3. The van der Waals surface area contributed by atoms with Crippen LogP contribution in [0.15, 0.2) is 23.8 Å². The Morgan fingerprint density at radius 2 is 2.06 bits per heavy atom. The molecule has 0 bridgehead atoms. The summed E-state index contributed by atoms with van der Waals surface area (Å²) in [6.07, 6.45) is 12.3. The number of terminal acetylenes is 1. The van der Waals surface area contributed by atoms with Gasteiger partial charge in [0.25, 0.3) is 0 Å². The van der Waals surface area contributed by atoms with E-state index in [1.807, 2.05) is 0 Å². The van der Waals surface area contributed by atoms with E-state index in [1.54, 1.807) is 6.92 Å². The van der Waals surface area contributed by atoms with Gasteiger partial charge in [-0.25, -0.2) is 0 Å². The van der Waals surface area contributed by atoms with Crippen LogP contribution in [0.25, 0.3) is 0 Å². The summed E-state index contributed by atoms with van der Waals surface area (Å²) in [5.74, 6) is 2.40. The molecule has 1 N–H and O–H groups in total. The Labute approximate surface area is 100 Å². The van der Waals surface area contributed by atoms with Gasteiger partial charge in [0, 0.05) is 0 Å². The molecule has 0 aliphatic carbocycles. The van der Waals surface area contributed by atoms with Gasteiger partial charge in [-0.05, 0) is 52.9 Å². The van der Waals surface area contributed by atoms with Crippen molar-refractivity contribution in [2.75, 3.05) is 0 Å². The summed E-state index contributed by atoms with van der Waals surface area (Å²) >= 11 is 0. The van der Waals surface area contributed by atoms with Crippen LogP contribution < -0.4 is 0 Å².